The number of anilines is 2. The fourth-order valence-corrected chi connectivity index (χ4v) is 4.70. The molecule has 0 unspecified atom stereocenters. The van der Waals surface area contributed by atoms with Gasteiger partial charge < -0.3 is 20.1 Å². The van der Waals surface area contributed by atoms with Crippen LogP contribution in [-0.2, 0) is 21.3 Å². The van der Waals surface area contributed by atoms with E-state index in [1.165, 1.54) is 37.6 Å². The van der Waals surface area contributed by atoms with Crippen LogP contribution < -0.4 is 20.1 Å². The van der Waals surface area contributed by atoms with Gasteiger partial charge in [0.15, 0.2) is 4.90 Å². The van der Waals surface area contributed by atoms with E-state index in [-0.39, 0.29) is 34.3 Å². The number of morpholine rings is 1. The van der Waals surface area contributed by atoms with Gasteiger partial charge in [0.05, 0.1) is 43.6 Å². The van der Waals surface area contributed by atoms with Gasteiger partial charge in [0.1, 0.15) is 5.82 Å². The Morgan fingerprint density at radius 3 is 2.67 bits per heavy atom. The molecule has 0 atom stereocenters. The predicted octanol–water partition coefficient (Wildman–Crippen LogP) is 2.39. The van der Waals surface area contributed by atoms with Gasteiger partial charge in [-0.15, -0.1) is 0 Å². The number of nitrogens with one attached hydrogen (secondary N) is 1. The normalized spacial score (nSPS) is 14.2. The fraction of sp³-hybridized carbons (Fsp3) is 0.273. The van der Waals surface area contributed by atoms with Crippen LogP contribution >= 0.6 is 0 Å². The molecule has 3 heterocycles. The molecule has 174 valence electrons. The summed E-state index contributed by atoms with van der Waals surface area (Å²) in [7, 11) is -2.72. The van der Waals surface area contributed by atoms with E-state index < -0.39 is 15.8 Å². The number of sulfonamides is 1. The molecule has 9 nitrogen and oxygen atoms in total. The maximum atomic E-state index is 14.5. The Morgan fingerprint density at radius 1 is 1.18 bits per heavy atom. The van der Waals surface area contributed by atoms with Crippen LogP contribution in [0.3, 0.4) is 0 Å². The second-order valence-electron chi connectivity index (χ2n) is 7.35. The van der Waals surface area contributed by atoms with E-state index in [1.807, 2.05) is 4.90 Å². The number of pyridine rings is 2. The molecule has 0 saturated carbocycles. The van der Waals surface area contributed by atoms with Gasteiger partial charge in [-0.05, 0) is 35.9 Å². The third-order valence-corrected chi connectivity index (χ3v) is 6.60. The van der Waals surface area contributed by atoms with E-state index >= 15 is 0 Å². The quantitative estimate of drug-likeness (QED) is 0.537. The Kier molecular flexibility index (Phi) is 6.72. The maximum absolute atomic E-state index is 14.5. The zero-order valence-corrected chi connectivity index (χ0v) is 18.8. The van der Waals surface area contributed by atoms with Gasteiger partial charge in [-0.2, -0.15) is 0 Å². The number of aromatic nitrogens is 2. The minimum absolute atomic E-state index is 0.0304. The third kappa shape index (κ3) is 5.05. The fourth-order valence-electron chi connectivity index (χ4n) is 3.51. The second-order valence-corrected chi connectivity index (χ2v) is 9.00. The highest BCUT2D eigenvalue weighted by atomic mass is 32.2. The number of rotatable bonds is 7. The molecule has 4 rings (SSSR count). The van der Waals surface area contributed by atoms with E-state index in [2.05, 4.69) is 14.7 Å². The van der Waals surface area contributed by atoms with Crippen LogP contribution in [0.25, 0.3) is 11.3 Å². The number of hydrogen-bond acceptors (Lipinski definition) is 8. The summed E-state index contributed by atoms with van der Waals surface area (Å²) in [5.74, 6) is -0.522. The number of hydrogen-bond donors (Lipinski definition) is 2. The highest BCUT2D eigenvalue weighted by Gasteiger charge is 2.24. The monoisotopic (exact) mass is 473 g/mol. The number of benzene rings is 1. The summed E-state index contributed by atoms with van der Waals surface area (Å²) in [5.41, 5.74) is 7.59. The van der Waals surface area contributed by atoms with Crippen molar-refractivity contribution >= 4 is 21.4 Å². The second kappa shape index (κ2) is 9.69. The van der Waals surface area contributed by atoms with Crippen LogP contribution in [0, 0.1) is 5.82 Å². The van der Waals surface area contributed by atoms with Crippen molar-refractivity contribution in [1.29, 1.82) is 0 Å². The van der Waals surface area contributed by atoms with Crippen molar-refractivity contribution in [1.82, 2.24) is 9.97 Å². The highest BCUT2D eigenvalue weighted by molar-refractivity contribution is 7.92. The lowest BCUT2D eigenvalue weighted by Crippen LogP contribution is -2.36. The molecule has 0 spiro atoms. The Hall–Kier alpha value is -3.28. The number of methoxy groups -OCH3 is 1. The molecule has 0 radical (unpaired) electrons. The molecule has 1 aromatic carbocycles. The molecule has 3 aromatic rings. The molecule has 11 heteroatoms. The summed E-state index contributed by atoms with van der Waals surface area (Å²) < 4.78 is 54.0. The molecule has 0 aliphatic carbocycles. The summed E-state index contributed by atoms with van der Waals surface area (Å²) in [6.07, 6.45) is 2.98. The van der Waals surface area contributed by atoms with E-state index in [9.17, 15) is 12.8 Å². The van der Waals surface area contributed by atoms with Gasteiger partial charge >= 0.3 is 0 Å². The van der Waals surface area contributed by atoms with Gasteiger partial charge in [-0.3, -0.25) is 9.71 Å². The summed E-state index contributed by atoms with van der Waals surface area (Å²) >= 11 is 0. The standard InChI is InChI=1S/C22H24FN5O4S/c1-31-22-21(12-17(14-26-22)28-6-8-32-9-7-28)33(29,30)27-16-4-5-25-20(11-16)18-3-2-15(13-24)10-19(18)23/h2-5,10-12,14H,6-9,13,24H2,1H3,(H,25,27). The molecule has 33 heavy (non-hydrogen) atoms. The summed E-state index contributed by atoms with van der Waals surface area (Å²) in [6, 6.07) is 9.07. The zero-order valence-electron chi connectivity index (χ0n) is 18.0. The lowest BCUT2D eigenvalue weighted by Gasteiger charge is -2.29. The largest absolute Gasteiger partial charge is 0.480 e. The van der Waals surface area contributed by atoms with Gasteiger partial charge in [0, 0.05) is 31.4 Å². The zero-order chi connectivity index (χ0) is 23.4. The van der Waals surface area contributed by atoms with Crippen molar-refractivity contribution < 1.29 is 22.3 Å². The van der Waals surface area contributed by atoms with Crippen LogP contribution in [0.4, 0.5) is 15.8 Å². The molecule has 0 bridgehead atoms. The molecule has 3 N–H and O–H groups in total. The van der Waals surface area contributed by atoms with Gasteiger partial charge in [-0.25, -0.2) is 17.8 Å². The number of nitrogens with zero attached hydrogens (tertiary/aromatic N) is 3. The van der Waals surface area contributed by atoms with Crippen LogP contribution in [0.15, 0.2) is 53.7 Å². The molecule has 1 fully saturated rings. The van der Waals surface area contributed by atoms with Crippen molar-refractivity contribution in [3.05, 3.63) is 60.2 Å². The Morgan fingerprint density at radius 2 is 1.97 bits per heavy atom. The molecule has 1 saturated heterocycles. The van der Waals surface area contributed by atoms with E-state index in [1.54, 1.807) is 18.3 Å². The summed E-state index contributed by atoms with van der Waals surface area (Å²) in [4.78, 5) is 10.2. The Bertz CT molecular complexity index is 1250. The first kappa shape index (κ1) is 22.9. The molecule has 1 aliphatic heterocycles. The predicted molar refractivity (Wildman–Crippen MR) is 122 cm³/mol. The van der Waals surface area contributed by atoms with Crippen molar-refractivity contribution in [2.45, 2.75) is 11.4 Å². The van der Waals surface area contributed by atoms with Crippen molar-refractivity contribution in [2.24, 2.45) is 5.73 Å². The highest BCUT2D eigenvalue weighted by Crippen LogP contribution is 2.30. The minimum atomic E-state index is -4.07. The first-order valence-electron chi connectivity index (χ1n) is 10.3. The molecule has 2 aromatic heterocycles. The van der Waals surface area contributed by atoms with Gasteiger partial charge in [-0.1, -0.05) is 6.07 Å². The first-order chi connectivity index (χ1) is 15.9. The number of nitrogens with two attached hydrogens (primary N) is 1. The topological polar surface area (TPSA) is 120 Å². The summed E-state index contributed by atoms with van der Waals surface area (Å²) in [6.45, 7) is 2.57. The molecule has 1 aliphatic rings. The van der Waals surface area contributed by atoms with Gasteiger partial charge in [0.25, 0.3) is 10.0 Å². The van der Waals surface area contributed by atoms with E-state index in [0.29, 0.717) is 37.6 Å². The maximum Gasteiger partial charge on any atom is 0.267 e. The van der Waals surface area contributed by atoms with Crippen molar-refractivity contribution in [3.8, 4) is 17.1 Å². The Balaban J connectivity index is 1.65. The Labute approximate surface area is 191 Å². The summed E-state index contributed by atoms with van der Waals surface area (Å²) in [5, 5.41) is 0. The number of halogens is 1. The third-order valence-electron chi connectivity index (χ3n) is 5.22. The van der Waals surface area contributed by atoms with Crippen molar-refractivity contribution in [3.63, 3.8) is 0 Å². The first-order valence-corrected chi connectivity index (χ1v) is 11.7. The molecular formula is C22H24FN5O4S. The minimum Gasteiger partial charge on any atom is -0.480 e. The average molecular weight is 474 g/mol. The van der Waals surface area contributed by atoms with E-state index in [4.69, 9.17) is 15.2 Å². The lowest BCUT2D eigenvalue weighted by atomic mass is 10.1. The molecule has 0 amide bonds. The lowest BCUT2D eigenvalue weighted by molar-refractivity contribution is 0.122. The van der Waals surface area contributed by atoms with E-state index in [0.717, 1.165) is 0 Å². The van der Waals surface area contributed by atoms with Gasteiger partial charge in [0.2, 0.25) is 5.88 Å². The number of ether oxygens (including phenoxy) is 2. The molecular weight excluding hydrogens is 449 g/mol. The van der Waals surface area contributed by atoms with Crippen LogP contribution in [0.5, 0.6) is 5.88 Å². The SMILES string of the molecule is COc1ncc(N2CCOCC2)cc1S(=O)(=O)Nc1ccnc(-c2ccc(CN)cc2F)c1. The average Bonchev–Trinajstić information content (AvgIpc) is 2.84. The van der Waals surface area contributed by atoms with Crippen LogP contribution in [-0.4, -0.2) is 51.8 Å². The van der Waals surface area contributed by atoms with Crippen molar-refractivity contribution in [2.75, 3.05) is 43.0 Å². The van der Waals surface area contributed by atoms with Crippen LogP contribution in [0.2, 0.25) is 0 Å². The van der Waals surface area contributed by atoms with Crippen LogP contribution in [0.1, 0.15) is 5.56 Å². The smallest absolute Gasteiger partial charge is 0.267 e.